The van der Waals surface area contributed by atoms with Crippen molar-refractivity contribution in [2.24, 2.45) is 5.92 Å². The van der Waals surface area contributed by atoms with Gasteiger partial charge in [0.2, 0.25) is 5.91 Å². The van der Waals surface area contributed by atoms with Crippen LogP contribution in [0.25, 0.3) is 0 Å². The normalized spacial score (nSPS) is 20.4. The van der Waals surface area contributed by atoms with Gasteiger partial charge in [0.15, 0.2) is 0 Å². The molecule has 0 bridgehead atoms. The van der Waals surface area contributed by atoms with Crippen LogP contribution in [0.5, 0.6) is 0 Å². The standard InChI is InChI=1S/C15H20BrN3O3/c1-2-12(15(21)22)19-7-3-4-10(9-19)14(20)18-13-6-5-11(16)8-17-13/h5-6,8,10,12H,2-4,7,9H2,1H3,(H,21,22)(H,17,18,20). The Kier molecular flexibility index (Phi) is 5.90. The fourth-order valence-corrected chi connectivity index (χ4v) is 3.01. The number of hydrogen-bond donors (Lipinski definition) is 2. The molecule has 1 aliphatic heterocycles. The van der Waals surface area contributed by atoms with Gasteiger partial charge in [-0.05, 0) is 53.9 Å². The van der Waals surface area contributed by atoms with Gasteiger partial charge < -0.3 is 10.4 Å². The number of rotatable bonds is 5. The highest BCUT2D eigenvalue weighted by molar-refractivity contribution is 9.10. The van der Waals surface area contributed by atoms with Crippen LogP contribution in [0.2, 0.25) is 0 Å². The van der Waals surface area contributed by atoms with Gasteiger partial charge in [0, 0.05) is 17.2 Å². The van der Waals surface area contributed by atoms with Gasteiger partial charge >= 0.3 is 5.97 Å². The summed E-state index contributed by atoms with van der Waals surface area (Å²) in [6, 6.07) is 3.03. The molecule has 1 aromatic rings. The molecule has 0 saturated carbocycles. The lowest BCUT2D eigenvalue weighted by Crippen LogP contribution is -2.48. The Morgan fingerprint density at radius 1 is 1.55 bits per heavy atom. The maximum atomic E-state index is 12.3. The molecule has 22 heavy (non-hydrogen) atoms. The van der Waals surface area contributed by atoms with Crippen LogP contribution in [0.15, 0.2) is 22.8 Å². The van der Waals surface area contributed by atoms with E-state index in [9.17, 15) is 14.7 Å². The van der Waals surface area contributed by atoms with E-state index in [1.165, 1.54) is 0 Å². The molecule has 1 amide bonds. The fourth-order valence-electron chi connectivity index (χ4n) is 2.77. The van der Waals surface area contributed by atoms with Crippen LogP contribution in [0, 0.1) is 5.92 Å². The summed E-state index contributed by atoms with van der Waals surface area (Å²) in [6.45, 7) is 3.06. The highest BCUT2D eigenvalue weighted by Crippen LogP contribution is 2.21. The summed E-state index contributed by atoms with van der Waals surface area (Å²) in [5.74, 6) is -0.610. The van der Waals surface area contributed by atoms with E-state index in [1.807, 2.05) is 17.9 Å². The van der Waals surface area contributed by atoms with E-state index in [4.69, 9.17) is 0 Å². The summed E-state index contributed by atoms with van der Waals surface area (Å²) in [5.41, 5.74) is 0. The Labute approximate surface area is 138 Å². The van der Waals surface area contributed by atoms with Crippen molar-refractivity contribution in [2.75, 3.05) is 18.4 Å². The molecule has 2 rings (SSSR count). The maximum Gasteiger partial charge on any atom is 0.320 e. The minimum absolute atomic E-state index is 0.0974. The van der Waals surface area contributed by atoms with Crippen molar-refractivity contribution in [3.05, 3.63) is 22.8 Å². The van der Waals surface area contributed by atoms with Gasteiger partial charge in [0.1, 0.15) is 11.9 Å². The Balaban J connectivity index is 1.97. The van der Waals surface area contributed by atoms with E-state index in [0.29, 0.717) is 18.8 Å². The van der Waals surface area contributed by atoms with Gasteiger partial charge in [-0.2, -0.15) is 0 Å². The molecule has 1 fully saturated rings. The minimum atomic E-state index is -0.821. The van der Waals surface area contributed by atoms with Crippen LogP contribution >= 0.6 is 15.9 Å². The maximum absolute atomic E-state index is 12.3. The van der Waals surface area contributed by atoms with Crippen molar-refractivity contribution in [1.29, 1.82) is 0 Å². The predicted molar refractivity (Wildman–Crippen MR) is 86.6 cm³/mol. The summed E-state index contributed by atoms with van der Waals surface area (Å²) in [6.07, 6.45) is 3.77. The second-order valence-electron chi connectivity index (χ2n) is 5.45. The number of piperidine rings is 1. The van der Waals surface area contributed by atoms with Crippen molar-refractivity contribution in [3.63, 3.8) is 0 Å². The number of anilines is 1. The Morgan fingerprint density at radius 2 is 2.32 bits per heavy atom. The Hall–Kier alpha value is -1.47. The van der Waals surface area contributed by atoms with Crippen molar-refractivity contribution in [3.8, 4) is 0 Å². The first-order valence-electron chi connectivity index (χ1n) is 7.40. The van der Waals surface area contributed by atoms with E-state index in [2.05, 4.69) is 26.2 Å². The number of halogens is 1. The monoisotopic (exact) mass is 369 g/mol. The first-order valence-corrected chi connectivity index (χ1v) is 8.19. The molecule has 2 unspecified atom stereocenters. The number of nitrogens with zero attached hydrogens (tertiary/aromatic N) is 2. The predicted octanol–water partition coefficient (Wildman–Crippen LogP) is 2.36. The van der Waals surface area contributed by atoms with Gasteiger partial charge in [-0.15, -0.1) is 0 Å². The summed E-state index contributed by atoms with van der Waals surface area (Å²) in [5, 5.41) is 12.1. The number of carbonyl (C=O) groups excluding carboxylic acids is 1. The third-order valence-corrected chi connectivity index (χ3v) is 4.38. The zero-order valence-corrected chi connectivity index (χ0v) is 14.0. The van der Waals surface area contributed by atoms with Crippen LogP contribution < -0.4 is 5.32 Å². The van der Waals surface area contributed by atoms with Gasteiger partial charge in [-0.1, -0.05) is 6.92 Å². The van der Waals surface area contributed by atoms with Crippen molar-refractivity contribution in [2.45, 2.75) is 32.2 Å². The quantitative estimate of drug-likeness (QED) is 0.832. The highest BCUT2D eigenvalue weighted by Gasteiger charge is 2.32. The van der Waals surface area contributed by atoms with E-state index >= 15 is 0 Å². The first kappa shape index (κ1) is 16.9. The van der Waals surface area contributed by atoms with Crippen LogP contribution in [0.3, 0.4) is 0 Å². The molecule has 2 heterocycles. The second-order valence-corrected chi connectivity index (χ2v) is 6.36. The number of amides is 1. The molecule has 0 aliphatic carbocycles. The van der Waals surface area contributed by atoms with Crippen LogP contribution in [-0.2, 0) is 9.59 Å². The lowest BCUT2D eigenvalue weighted by atomic mass is 9.95. The van der Waals surface area contributed by atoms with Crippen LogP contribution in [-0.4, -0.2) is 46.0 Å². The molecule has 1 aliphatic rings. The highest BCUT2D eigenvalue weighted by atomic mass is 79.9. The number of aromatic nitrogens is 1. The number of aliphatic carboxylic acids is 1. The number of nitrogens with one attached hydrogen (secondary N) is 1. The van der Waals surface area contributed by atoms with E-state index < -0.39 is 12.0 Å². The van der Waals surface area contributed by atoms with Crippen molar-refractivity contribution in [1.82, 2.24) is 9.88 Å². The molecule has 1 aromatic heterocycles. The number of likely N-dealkylation sites (tertiary alicyclic amines) is 1. The summed E-state index contributed by atoms with van der Waals surface area (Å²) >= 11 is 3.30. The lowest BCUT2D eigenvalue weighted by molar-refractivity contribution is -0.145. The Bertz CT molecular complexity index is 535. The van der Waals surface area contributed by atoms with Crippen LogP contribution in [0.1, 0.15) is 26.2 Å². The molecule has 0 aromatic carbocycles. The van der Waals surface area contributed by atoms with Gasteiger partial charge in [0.25, 0.3) is 0 Å². The smallest absolute Gasteiger partial charge is 0.320 e. The van der Waals surface area contributed by atoms with Gasteiger partial charge in [-0.3, -0.25) is 14.5 Å². The molecule has 7 heteroatoms. The SMILES string of the molecule is CCC(C(=O)O)N1CCCC(C(=O)Nc2ccc(Br)cn2)C1. The second kappa shape index (κ2) is 7.69. The van der Waals surface area contributed by atoms with E-state index in [-0.39, 0.29) is 11.8 Å². The number of carbonyl (C=O) groups is 2. The molecule has 2 N–H and O–H groups in total. The van der Waals surface area contributed by atoms with E-state index in [1.54, 1.807) is 12.3 Å². The molecular weight excluding hydrogens is 350 g/mol. The summed E-state index contributed by atoms with van der Waals surface area (Å²) < 4.78 is 0.849. The van der Waals surface area contributed by atoms with Crippen molar-refractivity contribution >= 4 is 33.6 Å². The average molecular weight is 370 g/mol. The van der Waals surface area contributed by atoms with Gasteiger partial charge in [0.05, 0.1) is 5.92 Å². The minimum Gasteiger partial charge on any atom is -0.480 e. The number of carboxylic acids is 1. The molecule has 120 valence electrons. The molecule has 1 saturated heterocycles. The largest absolute Gasteiger partial charge is 0.480 e. The topological polar surface area (TPSA) is 82.5 Å². The Morgan fingerprint density at radius 3 is 2.91 bits per heavy atom. The first-order chi connectivity index (χ1) is 10.5. The third kappa shape index (κ3) is 4.27. The average Bonchev–Trinajstić information content (AvgIpc) is 2.50. The molecular formula is C15H20BrN3O3. The molecule has 6 nitrogen and oxygen atoms in total. The summed E-state index contributed by atoms with van der Waals surface area (Å²) in [7, 11) is 0. The zero-order chi connectivity index (χ0) is 16.1. The third-order valence-electron chi connectivity index (χ3n) is 3.91. The molecule has 0 radical (unpaired) electrons. The number of pyridine rings is 1. The lowest BCUT2D eigenvalue weighted by Gasteiger charge is -2.35. The van der Waals surface area contributed by atoms with E-state index in [0.717, 1.165) is 23.9 Å². The molecule has 0 spiro atoms. The number of carboxylic acid groups (broad SMARTS) is 1. The summed E-state index contributed by atoms with van der Waals surface area (Å²) in [4.78, 5) is 29.6. The van der Waals surface area contributed by atoms with Crippen LogP contribution in [0.4, 0.5) is 5.82 Å². The van der Waals surface area contributed by atoms with Crippen molar-refractivity contribution < 1.29 is 14.7 Å². The fraction of sp³-hybridized carbons (Fsp3) is 0.533. The zero-order valence-electron chi connectivity index (χ0n) is 12.5. The molecule has 2 atom stereocenters. The van der Waals surface area contributed by atoms with Gasteiger partial charge in [-0.25, -0.2) is 4.98 Å². The number of hydrogen-bond acceptors (Lipinski definition) is 4.